The number of benzene rings is 1. The number of fused-ring (bicyclic) bond motifs is 1. The van der Waals surface area contributed by atoms with E-state index in [-0.39, 0.29) is 0 Å². The van der Waals surface area contributed by atoms with Gasteiger partial charge in [-0.3, -0.25) is 4.79 Å². The third-order valence-corrected chi connectivity index (χ3v) is 4.89. The number of nitriles is 1. The number of anilines is 1. The van der Waals surface area contributed by atoms with E-state index < -0.39 is 27.2 Å². The van der Waals surface area contributed by atoms with Crippen LogP contribution < -0.4 is 10.0 Å². The fraction of sp³-hybridized carbons (Fsp3) is 0.385. The van der Waals surface area contributed by atoms with Crippen LogP contribution >= 0.6 is 11.6 Å². The van der Waals surface area contributed by atoms with Crippen LogP contribution in [0.15, 0.2) is 18.2 Å². The van der Waals surface area contributed by atoms with Gasteiger partial charge >= 0.3 is 0 Å². The van der Waals surface area contributed by atoms with Crippen LogP contribution in [0.25, 0.3) is 0 Å². The molecule has 20 heavy (non-hydrogen) atoms. The number of carbonyl (C=O) groups excluding carboxylic acids is 1. The Hall–Kier alpha value is -1.42. The molecule has 2 atom stereocenters. The Labute approximate surface area is 124 Å². The minimum atomic E-state index is -1.68. The van der Waals surface area contributed by atoms with Crippen molar-refractivity contribution in [2.45, 2.75) is 31.1 Å². The Morgan fingerprint density at radius 1 is 1.45 bits per heavy atom. The van der Waals surface area contributed by atoms with E-state index >= 15 is 0 Å². The largest absolute Gasteiger partial charge is 0.322 e. The average Bonchev–Trinajstić information content (AvgIpc) is 2.64. The van der Waals surface area contributed by atoms with Crippen molar-refractivity contribution >= 4 is 34.2 Å². The van der Waals surface area contributed by atoms with E-state index in [4.69, 9.17) is 11.6 Å². The highest BCUT2D eigenvalue weighted by molar-refractivity contribution is 7.84. The van der Waals surface area contributed by atoms with Gasteiger partial charge in [-0.2, -0.15) is 5.26 Å². The second-order valence-corrected chi connectivity index (χ2v) is 7.84. The van der Waals surface area contributed by atoms with Crippen molar-refractivity contribution in [2.24, 2.45) is 0 Å². The summed E-state index contributed by atoms with van der Waals surface area (Å²) in [5.74, 6) is -0.569. The van der Waals surface area contributed by atoms with Gasteiger partial charge in [0.2, 0.25) is 5.54 Å². The highest BCUT2D eigenvalue weighted by Gasteiger charge is 2.50. The molecule has 0 radical (unpaired) electrons. The Balaban J connectivity index is 2.54. The van der Waals surface area contributed by atoms with E-state index in [1.165, 1.54) is 0 Å². The van der Waals surface area contributed by atoms with Crippen molar-refractivity contribution in [1.82, 2.24) is 4.72 Å². The number of nitrogens with one attached hydrogen (secondary N) is 2. The number of hydrogen-bond donors (Lipinski definition) is 2. The van der Waals surface area contributed by atoms with Crippen molar-refractivity contribution in [3.05, 3.63) is 28.8 Å². The zero-order chi connectivity index (χ0) is 15.1. The van der Waals surface area contributed by atoms with Gasteiger partial charge in [0.1, 0.15) is 6.07 Å². The minimum absolute atomic E-state index is 0.344. The van der Waals surface area contributed by atoms with Crippen LogP contribution in [-0.4, -0.2) is 14.9 Å². The molecule has 1 aromatic rings. The Morgan fingerprint density at radius 3 is 2.65 bits per heavy atom. The minimum Gasteiger partial charge on any atom is -0.322 e. The standard InChI is InChI=1S/C13H14ClN3O2S/c1-12(2,3)20(19)17-13(7-15)8-5-4-6-9(14)10(8)16-11(13)18/h4-6,17H,1-3H3,(H,16,18)/t13-,20-/m1/s1. The summed E-state index contributed by atoms with van der Waals surface area (Å²) in [7, 11) is -1.58. The summed E-state index contributed by atoms with van der Waals surface area (Å²) in [5.41, 5.74) is -0.896. The maximum absolute atomic E-state index is 12.3. The molecule has 0 unspecified atom stereocenters. The van der Waals surface area contributed by atoms with Crippen LogP contribution in [0.1, 0.15) is 26.3 Å². The van der Waals surface area contributed by atoms with Crippen LogP contribution in [0.4, 0.5) is 5.69 Å². The van der Waals surface area contributed by atoms with Crippen LogP contribution in [0.3, 0.4) is 0 Å². The van der Waals surface area contributed by atoms with Crippen LogP contribution in [0, 0.1) is 11.3 Å². The van der Waals surface area contributed by atoms with Crippen molar-refractivity contribution in [3.63, 3.8) is 0 Å². The quantitative estimate of drug-likeness (QED) is 0.877. The summed E-state index contributed by atoms with van der Waals surface area (Å²) in [6.07, 6.45) is 0. The van der Waals surface area contributed by atoms with Gasteiger partial charge in [0, 0.05) is 5.56 Å². The van der Waals surface area contributed by atoms with Gasteiger partial charge in [0.15, 0.2) is 0 Å². The molecule has 0 spiro atoms. The lowest BCUT2D eigenvalue weighted by molar-refractivity contribution is -0.119. The molecule has 0 saturated heterocycles. The molecule has 1 amide bonds. The normalized spacial score (nSPS) is 22.9. The van der Waals surface area contributed by atoms with E-state index in [1.807, 2.05) is 6.07 Å². The Kier molecular flexibility index (Phi) is 3.63. The first-order valence-corrected chi connectivity index (χ1v) is 7.46. The summed E-state index contributed by atoms with van der Waals surface area (Å²) >= 11 is 6.02. The molecule has 0 saturated carbocycles. The summed E-state index contributed by atoms with van der Waals surface area (Å²) < 4.78 is 14.3. The van der Waals surface area contributed by atoms with E-state index in [9.17, 15) is 14.3 Å². The molecule has 7 heteroatoms. The highest BCUT2D eigenvalue weighted by atomic mass is 35.5. The lowest BCUT2D eigenvalue weighted by atomic mass is 9.94. The topological polar surface area (TPSA) is 82.0 Å². The molecular formula is C13H14ClN3O2S. The van der Waals surface area contributed by atoms with Gasteiger partial charge in [-0.1, -0.05) is 23.7 Å². The molecular weight excluding hydrogens is 298 g/mol. The predicted molar refractivity (Wildman–Crippen MR) is 78.4 cm³/mol. The number of carbonyl (C=O) groups is 1. The van der Waals surface area contributed by atoms with Crippen molar-refractivity contribution < 1.29 is 9.00 Å². The molecule has 2 rings (SSSR count). The molecule has 1 aliphatic heterocycles. The molecule has 0 fully saturated rings. The first-order valence-electron chi connectivity index (χ1n) is 5.94. The molecule has 0 aromatic heterocycles. The van der Waals surface area contributed by atoms with Gasteiger partial charge in [0.05, 0.1) is 26.4 Å². The number of rotatable bonds is 2. The second kappa shape index (κ2) is 4.85. The SMILES string of the molecule is CC(C)(C)[S@@](=O)N[C@@]1(C#N)C(=O)Nc2c(Cl)cccc21. The molecule has 0 bridgehead atoms. The fourth-order valence-electron chi connectivity index (χ4n) is 1.82. The summed E-state index contributed by atoms with van der Waals surface area (Å²) in [5, 5.41) is 12.4. The molecule has 5 nitrogen and oxygen atoms in total. The smallest absolute Gasteiger partial charge is 0.265 e. The zero-order valence-corrected chi connectivity index (χ0v) is 12.9. The molecule has 1 heterocycles. The molecule has 106 valence electrons. The molecule has 0 aliphatic carbocycles. The third kappa shape index (κ3) is 2.22. The monoisotopic (exact) mass is 311 g/mol. The number of halogens is 1. The van der Waals surface area contributed by atoms with E-state index in [0.29, 0.717) is 16.3 Å². The molecule has 2 N–H and O–H groups in total. The molecule has 1 aromatic carbocycles. The summed E-state index contributed by atoms with van der Waals surface area (Å²) in [4.78, 5) is 12.2. The lowest BCUT2D eigenvalue weighted by Gasteiger charge is -2.26. The number of amides is 1. The maximum Gasteiger partial charge on any atom is 0.265 e. The maximum atomic E-state index is 12.3. The van der Waals surface area contributed by atoms with E-state index in [2.05, 4.69) is 10.0 Å². The van der Waals surface area contributed by atoms with Gasteiger partial charge in [-0.25, -0.2) is 8.93 Å². The predicted octanol–water partition coefficient (Wildman–Crippen LogP) is 2.06. The number of hydrogen-bond acceptors (Lipinski definition) is 3. The molecule has 1 aliphatic rings. The first kappa shape index (κ1) is 15.0. The van der Waals surface area contributed by atoms with Crippen LogP contribution in [-0.2, 0) is 21.3 Å². The summed E-state index contributed by atoms with van der Waals surface area (Å²) in [6.45, 7) is 5.27. The number of para-hydroxylation sites is 1. The third-order valence-electron chi connectivity index (χ3n) is 2.97. The van der Waals surface area contributed by atoms with E-state index in [0.717, 1.165) is 0 Å². The van der Waals surface area contributed by atoms with Gasteiger partial charge in [-0.05, 0) is 26.8 Å². The van der Waals surface area contributed by atoms with Crippen molar-refractivity contribution in [1.29, 1.82) is 5.26 Å². The first-order chi connectivity index (χ1) is 9.22. The van der Waals surface area contributed by atoms with E-state index in [1.54, 1.807) is 39.0 Å². The van der Waals surface area contributed by atoms with Gasteiger partial charge < -0.3 is 5.32 Å². The Bertz CT molecular complexity index is 648. The Morgan fingerprint density at radius 2 is 2.10 bits per heavy atom. The summed E-state index contributed by atoms with van der Waals surface area (Å²) in [6, 6.07) is 6.83. The second-order valence-electron chi connectivity index (χ2n) is 5.46. The van der Waals surface area contributed by atoms with Crippen LogP contribution in [0.5, 0.6) is 0 Å². The van der Waals surface area contributed by atoms with Crippen molar-refractivity contribution in [2.75, 3.05) is 5.32 Å². The average molecular weight is 312 g/mol. The highest BCUT2D eigenvalue weighted by Crippen LogP contribution is 2.40. The van der Waals surface area contributed by atoms with Gasteiger partial charge in [-0.15, -0.1) is 0 Å². The van der Waals surface area contributed by atoms with Crippen molar-refractivity contribution in [3.8, 4) is 6.07 Å². The zero-order valence-electron chi connectivity index (χ0n) is 11.3. The lowest BCUT2D eigenvalue weighted by Crippen LogP contribution is -2.51. The fourth-order valence-corrected chi connectivity index (χ4v) is 2.87. The van der Waals surface area contributed by atoms with Crippen LogP contribution in [0.2, 0.25) is 5.02 Å². The van der Waals surface area contributed by atoms with Gasteiger partial charge in [0.25, 0.3) is 5.91 Å². The number of nitrogens with zero attached hydrogens (tertiary/aromatic N) is 1.